The van der Waals surface area contributed by atoms with Crippen LogP contribution in [0.4, 0.5) is 13.6 Å². The number of halogens is 2. The molecule has 50 heavy (non-hydrogen) atoms. The Morgan fingerprint density at radius 1 is 1.08 bits per heavy atom. The fourth-order valence-corrected chi connectivity index (χ4v) is 6.67. The maximum absolute atomic E-state index is 15.2. The van der Waals surface area contributed by atoms with E-state index in [1.165, 1.54) is 18.7 Å². The maximum atomic E-state index is 15.2. The summed E-state index contributed by atoms with van der Waals surface area (Å²) >= 11 is 0. The highest BCUT2D eigenvalue weighted by atomic mass is 19.1. The topological polar surface area (TPSA) is 123 Å². The Labute approximate surface area is 291 Å². The van der Waals surface area contributed by atoms with Crippen LogP contribution in [0.3, 0.4) is 0 Å². The third kappa shape index (κ3) is 9.05. The van der Waals surface area contributed by atoms with Gasteiger partial charge in [0.15, 0.2) is 6.10 Å². The predicted octanol–water partition coefficient (Wildman–Crippen LogP) is 5.35. The van der Waals surface area contributed by atoms with Crippen molar-refractivity contribution in [1.82, 2.24) is 19.4 Å². The Hall–Kier alpha value is -4.36. The zero-order chi connectivity index (χ0) is 36.2. The first-order valence-corrected chi connectivity index (χ1v) is 17.0. The Morgan fingerprint density at radius 3 is 2.44 bits per heavy atom. The quantitative estimate of drug-likeness (QED) is 0.282. The van der Waals surface area contributed by atoms with Crippen LogP contribution in [-0.2, 0) is 30.3 Å². The number of aliphatic hydroxyl groups is 1. The van der Waals surface area contributed by atoms with Crippen LogP contribution < -0.4 is 0 Å². The molecule has 2 aliphatic rings. The molecule has 0 aliphatic carbocycles. The zero-order valence-electron chi connectivity index (χ0n) is 29.2. The van der Waals surface area contributed by atoms with Gasteiger partial charge in [0.05, 0.1) is 24.4 Å². The van der Waals surface area contributed by atoms with Crippen molar-refractivity contribution in [2.24, 2.45) is 11.8 Å². The molecule has 13 heteroatoms. The van der Waals surface area contributed by atoms with E-state index < -0.39 is 59.4 Å². The summed E-state index contributed by atoms with van der Waals surface area (Å²) in [5, 5.41) is 11.3. The number of likely N-dealkylation sites (tertiary alicyclic amines) is 1. The number of nitrogens with zero attached hydrogens (tertiary/aromatic N) is 4. The number of imidazole rings is 1. The second-order valence-corrected chi connectivity index (χ2v) is 14.1. The van der Waals surface area contributed by atoms with Gasteiger partial charge in [0.25, 0.3) is 5.91 Å². The average molecular weight is 697 g/mol. The van der Waals surface area contributed by atoms with Crippen molar-refractivity contribution in [3.8, 4) is 11.3 Å². The molecule has 270 valence electrons. The van der Waals surface area contributed by atoms with E-state index in [-0.39, 0.29) is 36.8 Å². The number of esters is 1. The lowest BCUT2D eigenvalue weighted by Gasteiger charge is -2.40. The molecule has 1 N–H and O–H groups in total. The van der Waals surface area contributed by atoms with Crippen LogP contribution in [0.1, 0.15) is 64.9 Å². The van der Waals surface area contributed by atoms with E-state index in [4.69, 9.17) is 19.2 Å². The Morgan fingerprint density at radius 2 is 1.78 bits per heavy atom. The third-order valence-electron chi connectivity index (χ3n) is 8.98. The smallest absolute Gasteiger partial charge is 0.410 e. The number of aromatic nitrogens is 2. The third-order valence-corrected chi connectivity index (χ3v) is 8.98. The van der Waals surface area contributed by atoms with Crippen molar-refractivity contribution in [1.29, 1.82) is 0 Å². The van der Waals surface area contributed by atoms with E-state index >= 15 is 4.39 Å². The molecule has 2 aliphatic heterocycles. The fraction of sp³-hybridized carbons (Fsp3) is 0.514. The van der Waals surface area contributed by atoms with Crippen molar-refractivity contribution >= 4 is 18.0 Å². The van der Waals surface area contributed by atoms with Gasteiger partial charge in [0.2, 0.25) is 0 Å². The molecule has 0 saturated carbocycles. The van der Waals surface area contributed by atoms with Crippen LogP contribution in [0.5, 0.6) is 0 Å². The van der Waals surface area contributed by atoms with Gasteiger partial charge < -0.3 is 33.7 Å². The van der Waals surface area contributed by atoms with E-state index in [0.29, 0.717) is 38.4 Å². The molecule has 4 atom stereocenters. The minimum atomic E-state index is -1.19. The summed E-state index contributed by atoms with van der Waals surface area (Å²) in [6.07, 6.45) is 0.00205. The summed E-state index contributed by atoms with van der Waals surface area (Å²) in [5.41, 5.74) is 0.315. The van der Waals surface area contributed by atoms with Gasteiger partial charge in [0, 0.05) is 57.4 Å². The van der Waals surface area contributed by atoms with E-state index in [2.05, 4.69) is 0 Å². The number of benzene rings is 2. The molecule has 11 nitrogen and oxygen atoms in total. The molecule has 5 rings (SSSR count). The second-order valence-electron chi connectivity index (χ2n) is 14.1. The molecule has 0 radical (unpaired) electrons. The number of β-amino-alcohol motifs (C(OH)–C–C–N with tert-alkyl or cyclic N) is 1. The van der Waals surface area contributed by atoms with Gasteiger partial charge in [-0.1, -0.05) is 30.3 Å². The monoisotopic (exact) mass is 696 g/mol. The van der Waals surface area contributed by atoms with Crippen LogP contribution in [0.2, 0.25) is 0 Å². The predicted molar refractivity (Wildman–Crippen MR) is 180 cm³/mol. The molecule has 2 amide bonds. The van der Waals surface area contributed by atoms with Gasteiger partial charge in [-0.25, -0.2) is 18.6 Å². The van der Waals surface area contributed by atoms with Crippen molar-refractivity contribution in [2.45, 2.75) is 77.9 Å². The highest BCUT2D eigenvalue weighted by Gasteiger charge is 2.44. The van der Waals surface area contributed by atoms with Gasteiger partial charge in [-0.2, -0.15) is 0 Å². The standard InChI is InChI=1S/C37H46F2N4O7/c1-23(49-24(2)44)35(46)43(20-27-19-42(22-32(27)45)36(47)50-37(3,4)5)33(26-13-15-48-16-14-26)34-40-31(29-17-28(38)11-12-30(29)39)21-41(34)18-25-9-7-6-8-10-25/h6-12,17,21,23,26-27,32-33,45H,13-16,18-20,22H2,1-5H3/t23-,27+,32-,33+/m0/s1. The summed E-state index contributed by atoms with van der Waals surface area (Å²) in [7, 11) is 0. The highest BCUT2D eigenvalue weighted by Crippen LogP contribution is 2.39. The van der Waals surface area contributed by atoms with Crippen molar-refractivity contribution in [2.75, 3.05) is 32.8 Å². The van der Waals surface area contributed by atoms with Crippen LogP contribution >= 0.6 is 0 Å². The highest BCUT2D eigenvalue weighted by molar-refractivity contribution is 5.83. The number of carbonyl (C=O) groups excluding carboxylic acids is 3. The molecule has 0 bridgehead atoms. The van der Waals surface area contributed by atoms with Gasteiger partial charge in [-0.15, -0.1) is 0 Å². The molecular weight excluding hydrogens is 650 g/mol. The molecule has 1 aromatic heterocycles. The summed E-state index contributed by atoms with van der Waals surface area (Å²) in [5.74, 6) is -2.82. The largest absolute Gasteiger partial charge is 0.453 e. The number of rotatable bonds is 10. The average Bonchev–Trinajstić information content (AvgIpc) is 3.64. The molecule has 3 aromatic rings. The van der Waals surface area contributed by atoms with Crippen LogP contribution in [0, 0.1) is 23.5 Å². The fourth-order valence-electron chi connectivity index (χ4n) is 6.67. The zero-order valence-corrected chi connectivity index (χ0v) is 29.2. The summed E-state index contributed by atoms with van der Waals surface area (Å²) in [6.45, 7) is 9.22. The number of hydrogen-bond donors (Lipinski definition) is 1. The lowest BCUT2D eigenvalue weighted by molar-refractivity contribution is -0.160. The summed E-state index contributed by atoms with van der Waals surface area (Å²) in [4.78, 5) is 47.4. The SMILES string of the molecule is CC(=O)O[C@@H](C)C(=O)N(C[C@H]1CN(C(=O)OC(C)(C)C)C[C@@H]1O)[C@@H](c1nc(-c2cc(F)ccc2F)cn1Cc1ccccc1)C1CCOCC1. The number of hydrogen-bond acceptors (Lipinski definition) is 8. The van der Waals surface area contributed by atoms with Crippen molar-refractivity contribution < 1.29 is 42.5 Å². The second kappa shape index (κ2) is 15.7. The normalized spacial score (nSPS) is 19.6. The first-order chi connectivity index (χ1) is 23.7. The lowest BCUT2D eigenvalue weighted by atomic mass is 9.88. The number of carbonyl (C=O) groups is 3. The molecule has 3 heterocycles. The number of ether oxygens (including phenoxy) is 3. The minimum absolute atomic E-state index is 0.00861. The number of aliphatic hydroxyl groups excluding tert-OH is 1. The summed E-state index contributed by atoms with van der Waals surface area (Å²) < 4.78 is 48.1. The summed E-state index contributed by atoms with van der Waals surface area (Å²) in [6, 6.07) is 11.9. The van der Waals surface area contributed by atoms with Crippen LogP contribution in [0.15, 0.2) is 54.7 Å². The van der Waals surface area contributed by atoms with E-state index in [1.54, 1.807) is 31.9 Å². The van der Waals surface area contributed by atoms with Crippen molar-refractivity contribution in [3.05, 3.63) is 77.8 Å². The maximum Gasteiger partial charge on any atom is 0.410 e. The molecule has 2 aromatic carbocycles. The molecule has 2 fully saturated rings. The lowest BCUT2D eigenvalue weighted by Crippen LogP contribution is -2.49. The Kier molecular flexibility index (Phi) is 11.6. The van der Waals surface area contributed by atoms with Crippen LogP contribution in [-0.4, -0.2) is 93.1 Å². The van der Waals surface area contributed by atoms with E-state index in [9.17, 15) is 23.9 Å². The minimum Gasteiger partial charge on any atom is -0.453 e. The van der Waals surface area contributed by atoms with E-state index in [1.807, 2.05) is 34.9 Å². The van der Waals surface area contributed by atoms with Gasteiger partial charge >= 0.3 is 12.1 Å². The molecular formula is C37H46F2N4O7. The van der Waals surface area contributed by atoms with Gasteiger partial charge in [-0.3, -0.25) is 9.59 Å². The van der Waals surface area contributed by atoms with E-state index in [0.717, 1.165) is 23.8 Å². The number of amides is 2. The van der Waals surface area contributed by atoms with Gasteiger partial charge in [0.1, 0.15) is 23.1 Å². The Balaban J connectivity index is 1.62. The first-order valence-electron chi connectivity index (χ1n) is 17.0. The van der Waals surface area contributed by atoms with Crippen LogP contribution in [0.25, 0.3) is 11.3 Å². The Bertz CT molecular complexity index is 1650. The molecule has 0 unspecified atom stereocenters. The molecule has 2 saturated heterocycles. The first kappa shape index (κ1) is 36.9. The molecule has 0 spiro atoms. The van der Waals surface area contributed by atoms with Crippen molar-refractivity contribution in [3.63, 3.8) is 0 Å². The van der Waals surface area contributed by atoms with Gasteiger partial charge in [-0.05, 0) is 70.2 Å².